The van der Waals surface area contributed by atoms with Gasteiger partial charge in [-0.3, -0.25) is 9.80 Å². The van der Waals surface area contributed by atoms with Gasteiger partial charge in [-0.25, -0.2) is 0 Å². The van der Waals surface area contributed by atoms with Crippen molar-refractivity contribution in [3.8, 4) is 0 Å². The van der Waals surface area contributed by atoms with Crippen LogP contribution in [0.15, 0.2) is 30.3 Å². The summed E-state index contributed by atoms with van der Waals surface area (Å²) in [4.78, 5) is 4.87. The topological polar surface area (TPSA) is 35.9 Å². The van der Waals surface area contributed by atoms with Crippen molar-refractivity contribution in [1.82, 2.24) is 9.80 Å². The van der Waals surface area contributed by atoms with Crippen molar-refractivity contribution in [2.45, 2.75) is 83.8 Å². The molecule has 0 aromatic heterocycles. The second kappa shape index (κ2) is 16.7. The first-order chi connectivity index (χ1) is 14.8. The highest BCUT2D eigenvalue weighted by atomic mass is 16.5. The van der Waals surface area contributed by atoms with Crippen LogP contribution in [0, 0.1) is 0 Å². The van der Waals surface area contributed by atoms with Crippen molar-refractivity contribution in [2.24, 2.45) is 0 Å². The molecule has 0 spiro atoms. The average Bonchev–Trinajstić information content (AvgIpc) is 2.76. The number of piperazine rings is 1. The Labute approximate surface area is 185 Å². The number of hydrogen-bond acceptors (Lipinski definition) is 4. The predicted octanol–water partition coefficient (Wildman–Crippen LogP) is 5.10. The quantitative estimate of drug-likeness (QED) is 0.357. The Morgan fingerprint density at radius 3 is 2.00 bits per heavy atom. The number of unbranched alkanes of at least 4 members (excludes halogenated alkanes) is 9. The Bertz CT molecular complexity index is 503. The van der Waals surface area contributed by atoms with Crippen molar-refractivity contribution in [1.29, 1.82) is 0 Å². The molecule has 0 bridgehead atoms. The molecule has 1 fully saturated rings. The lowest BCUT2D eigenvalue weighted by Crippen LogP contribution is -2.48. The van der Waals surface area contributed by atoms with E-state index in [-0.39, 0.29) is 6.10 Å². The third-order valence-electron chi connectivity index (χ3n) is 6.14. The second-order valence-corrected chi connectivity index (χ2v) is 8.97. The average molecular weight is 419 g/mol. The zero-order chi connectivity index (χ0) is 21.3. The van der Waals surface area contributed by atoms with Gasteiger partial charge in [0.05, 0.1) is 12.7 Å². The smallest absolute Gasteiger partial charge is 0.0900 e. The summed E-state index contributed by atoms with van der Waals surface area (Å²) in [5.74, 6) is 0. The first-order valence-corrected chi connectivity index (χ1v) is 12.5. The molecule has 1 N–H and O–H groups in total. The highest BCUT2D eigenvalue weighted by molar-refractivity contribution is 5.14. The van der Waals surface area contributed by atoms with Crippen LogP contribution in [0.5, 0.6) is 0 Å². The van der Waals surface area contributed by atoms with E-state index in [1.807, 2.05) is 0 Å². The van der Waals surface area contributed by atoms with Gasteiger partial charge in [0.1, 0.15) is 0 Å². The van der Waals surface area contributed by atoms with Gasteiger partial charge < -0.3 is 9.84 Å². The Hall–Kier alpha value is -0.940. The fourth-order valence-corrected chi connectivity index (χ4v) is 4.23. The number of aliphatic hydroxyl groups is 1. The standard InChI is InChI=1S/C26H46N2O2/c1-2-3-4-5-6-7-8-9-10-14-21-30-24-26(29)23-28-19-17-27(18-20-28)22-25-15-12-11-13-16-25/h11-13,15-16,26,29H,2-10,14,17-24H2,1H3. The molecule has 0 amide bonds. The summed E-state index contributed by atoms with van der Waals surface area (Å²) >= 11 is 0. The summed E-state index contributed by atoms with van der Waals surface area (Å²) in [6.07, 6.45) is 13.1. The number of β-amino-alcohol motifs (C(OH)–C–C–N with tert-alkyl or cyclic N) is 1. The molecule has 0 radical (unpaired) electrons. The number of ether oxygens (including phenoxy) is 1. The second-order valence-electron chi connectivity index (χ2n) is 8.97. The summed E-state index contributed by atoms with van der Waals surface area (Å²) in [7, 11) is 0. The Morgan fingerprint density at radius 2 is 1.37 bits per heavy atom. The van der Waals surface area contributed by atoms with E-state index in [0.29, 0.717) is 6.61 Å². The zero-order valence-corrected chi connectivity index (χ0v) is 19.4. The lowest BCUT2D eigenvalue weighted by atomic mass is 10.1. The van der Waals surface area contributed by atoms with Crippen LogP contribution in [0.2, 0.25) is 0 Å². The molecule has 4 heteroatoms. The highest BCUT2D eigenvalue weighted by Gasteiger charge is 2.19. The summed E-state index contributed by atoms with van der Waals surface area (Å²) in [6, 6.07) is 10.7. The van der Waals surface area contributed by atoms with Gasteiger partial charge in [-0.05, 0) is 12.0 Å². The predicted molar refractivity (Wildman–Crippen MR) is 127 cm³/mol. The molecule has 1 atom stereocenters. The van der Waals surface area contributed by atoms with Crippen molar-refractivity contribution < 1.29 is 9.84 Å². The van der Waals surface area contributed by atoms with Gasteiger partial charge in [0.15, 0.2) is 0 Å². The van der Waals surface area contributed by atoms with E-state index in [9.17, 15) is 5.11 Å². The molecule has 1 aromatic carbocycles. The first kappa shape index (κ1) is 25.3. The van der Waals surface area contributed by atoms with E-state index >= 15 is 0 Å². The molecule has 172 valence electrons. The van der Waals surface area contributed by atoms with E-state index in [1.165, 1.54) is 63.4 Å². The molecule has 1 aromatic rings. The lowest BCUT2D eigenvalue weighted by Gasteiger charge is -2.35. The van der Waals surface area contributed by atoms with Crippen molar-refractivity contribution >= 4 is 0 Å². The summed E-state index contributed by atoms with van der Waals surface area (Å²) < 4.78 is 5.72. The number of nitrogens with zero attached hydrogens (tertiary/aromatic N) is 2. The first-order valence-electron chi connectivity index (χ1n) is 12.5. The Morgan fingerprint density at radius 1 is 0.800 bits per heavy atom. The van der Waals surface area contributed by atoms with Crippen LogP contribution in [0.3, 0.4) is 0 Å². The van der Waals surface area contributed by atoms with Crippen LogP contribution in [0.1, 0.15) is 76.7 Å². The largest absolute Gasteiger partial charge is 0.389 e. The van der Waals surface area contributed by atoms with Gasteiger partial charge >= 0.3 is 0 Å². The van der Waals surface area contributed by atoms with Crippen LogP contribution in [0.25, 0.3) is 0 Å². The zero-order valence-electron chi connectivity index (χ0n) is 19.4. The monoisotopic (exact) mass is 418 g/mol. The van der Waals surface area contributed by atoms with Crippen LogP contribution in [-0.2, 0) is 11.3 Å². The fraction of sp³-hybridized carbons (Fsp3) is 0.769. The molecular formula is C26H46N2O2. The molecule has 0 aliphatic carbocycles. The van der Waals surface area contributed by atoms with Gasteiger partial charge in [-0.1, -0.05) is 95.0 Å². The lowest BCUT2D eigenvalue weighted by molar-refractivity contribution is 0.00559. The minimum atomic E-state index is -0.367. The summed E-state index contributed by atoms with van der Waals surface area (Å²) in [5.41, 5.74) is 1.38. The number of hydrogen-bond donors (Lipinski definition) is 1. The number of rotatable bonds is 17. The molecule has 1 saturated heterocycles. The van der Waals surface area contributed by atoms with Crippen molar-refractivity contribution in [2.75, 3.05) is 45.9 Å². The molecule has 0 saturated carbocycles. The van der Waals surface area contributed by atoms with Gasteiger partial charge in [-0.15, -0.1) is 0 Å². The maximum Gasteiger partial charge on any atom is 0.0900 e. The maximum atomic E-state index is 10.3. The molecular weight excluding hydrogens is 372 g/mol. The van der Waals surface area contributed by atoms with Crippen molar-refractivity contribution in [3.05, 3.63) is 35.9 Å². The fourth-order valence-electron chi connectivity index (χ4n) is 4.23. The highest BCUT2D eigenvalue weighted by Crippen LogP contribution is 2.11. The van der Waals surface area contributed by atoms with Gasteiger partial charge in [-0.2, -0.15) is 0 Å². The molecule has 4 nitrogen and oxygen atoms in total. The minimum Gasteiger partial charge on any atom is -0.389 e. The molecule has 1 heterocycles. The van der Waals surface area contributed by atoms with E-state index in [2.05, 4.69) is 47.1 Å². The normalized spacial score (nSPS) is 16.7. The van der Waals surface area contributed by atoms with Gasteiger partial charge in [0, 0.05) is 45.9 Å². The van der Waals surface area contributed by atoms with Crippen molar-refractivity contribution in [3.63, 3.8) is 0 Å². The van der Waals surface area contributed by atoms with Crippen LogP contribution in [0.4, 0.5) is 0 Å². The van der Waals surface area contributed by atoms with Gasteiger partial charge in [0.2, 0.25) is 0 Å². The SMILES string of the molecule is CCCCCCCCCCCCOCC(O)CN1CCN(Cc2ccccc2)CC1. The molecule has 1 aliphatic rings. The Kier molecular flexibility index (Phi) is 14.1. The molecule has 1 unspecified atom stereocenters. The van der Waals surface area contributed by atoms with E-state index in [0.717, 1.165) is 52.3 Å². The third kappa shape index (κ3) is 12.0. The van der Waals surface area contributed by atoms with Crippen LogP contribution in [-0.4, -0.2) is 66.9 Å². The van der Waals surface area contributed by atoms with Crippen LogP contribution < -0.4 is 0 Å². The minimum absolute atomic E-state index is 0.367. The van der Waals surface area contributed by atoms with E-state index in [4.69, 9.17) is 4.74 Å². The van der Waals surface area contributed by atoms with Gasteiger partial charge in [0.25, 0.3) is 0 Å². The third-order valence-corrected chi connectivity index (χ3v) is 6.14. The summed E-state index contributed by atoms with van der Waals surface area (Å²) in [5, 5.41) is 10.3. The van der Waals surface area contributed by atoms with Crippen LogP contribution >= 0.6 is 0 Å². The van der Waals surface area contributed by atoms with E-state index < -0.39 is 0 Å². The van der Waals surface area contributed by atoms with E-state index in [1.54, 1.807) is 0 Å². The molecule has 30 heavy (non-hydrogen) atoms. The number of aliphatic hydroxyl groups excluding tert-OH is 1. The molecule has 1 aliphatic heterocycles. The Balaban J connectivity index is 1.39. The molecule has 2 rings (SSSR count). The summed E-state index contributed by atoms with van der Waals surface area (Å²) in [6.45, 7) is 9.50. The number of benzene rings is 1. The maximum absolute atomic E-state index is 10.3.